The Morgan fingerprint density at radius 1 is 1.47 bits per heavy atom. The Balaban J connectivity index is 1.62. The average Bonchev–Trinajstić information content (AvgIpc) is 2.88. The third-order valence-electron chi connectivity index (χ3n) is 3.33. The number of likely N-dealkylation sites (tertiary alicyclic amines) is 1. The van der Waals surface area contributed by atoms with Crippen molar-refractivity contribution < 1.29 is 4.52 Å². The van der Waals surface area contributed by atoms with Gasteiger partial charge in [-0.2, -0.15) is 4.98 Å². The lowest BCUT2D eigenvalue weighted by atomic mass is 10.0. The molecule has 96 valence electrons. The lowest BCUT2D eigenvalue weighted by molar-refractivity contribution is 0.198. The van der Waals surface area contributed by atoms with Crippen molar-refractivity contribution in [3.8, 4) is 0 Å². The summed E-state index contributed by atoms with van der Waals surface area (Å²) in [5.41, 5.74) is 0. The molecule has 1 aliphatic rings. The van der Waals surface area contributed by atoms with E-state index in [9.17, 15) is 0 Å². The SMILES string of the molecule is CCCNC1CCN(CCc2ncon2)CC1. The lowest BCUT2D eigenvalue weighted by Crippen LogP contribution is -2.43. The number of rotatable bonds is 6. The Kier molecular flexibility index (Phi) is 4.94. The second kappa shape index (κ2) is 6.71. The van der Waals surface area contributed by atoms with Gasteiger partial charge in [0.1, 0.15) is 0 Å². The van der Waals surface area contributed by atoms with Crippen LogP contribution in [0.2, 0.25) is 0 Å². The second-order valence-corrected chi connectivity index (χ2v) is 4.67. The topological polar surface area (TPSA) is 54.2 Å². The summed E-state index contributed by atoms with van der Waals surface area (Å²) in [7, 11) is 0. The smallest absolute Gasteiger partial charge is 0.213 e. The van der Waals surface area contributed by atoms with Gasteiger partial charge in [0, 0.05) is 19.0 Å². The number of nitrogens with zero attached hydrogens (tertiary/aromatic N) is 3. The molecule has 5 nitrogen and oxygen atoms in total. The van der Waals surface area contributed by atoms with Gasteiger partial charge >= 0.3 is 0 Å². The van der Waals surface area contributed by atoms with Crippen LogP contribution in [0.15, 0.2) is 10.9 Å². The molecule has 1 aromatic heterocycles. The van der Waals surface area contributed by atoms with E-state index in [2.05, 4.69) is 27.3 Å². The first-order chi connectivity index (χ1) is 8.38. The molecule has 0 saturated carbocycles. The van der Waals surface area contributed by atoms with Crippen LogP contribution in [0.25, 0.3) is 0 Å². The van der Waals surface area contributed by atoms with Crippen molar-refractivity contribution in [1.29, 1.82) is 0 Å². The van der Waals surface area contributed by atoms with Crippen LogP contribution in [-0.4, -0.2) is 47.3 Å². The summed E-state index contributed by atoms with van der Waals surface area (Å²) in [5.74, 6) is 0.816. The fourth-order valence-electron chi connectivity index (χ4n) is 2.27. The Hall–Kier alpha value is -0.940. The van der Waals surface area contributed by atoms with Crippen LogP contribution in [-0.2, 0) is 6.42 Å². The van der Waals surface area contributed by atoms with E-state index in [1.165, 1.54) is 38.7 Å². The summed E-state index contributed by atoms with van der Waals surface area (Å²) in [5, 5.41) is 7.43. The fourth-order valence-corrected chi connectivity index (χ4v) is 2.27. The maximum absolute atomic E-state index is 4.73. The maximum atomic E-state index is 4.73. The van der Waals surface area contributed by atoms with Gasteiger partial charge in [0.25, 0.3) is 0 Å². The molecule has 0 spiro atoms. The zero-order valence-electron chi connectivity index (χ0n) is 10.6. The van der Waals surface area contributed by atoms with Crippen molar-refractivity contribution >= 4 is 0 Å². The normalized spacial score (nSPS) is 18.6. The number of aromatic nitrogens is 2. The summed E-state index contributed by atoms with van der Waals surface area (Å²) < 4.78 is 4.73. The molecule has 5 heteroatoms. The number of piperidine rings is 1. The summed E-state index contributed by atoms with van der Waals surface area (Å²) >= 11 is 0. The molecular formula is C12H22N4O. The van der Waals surface area contributed by atoms with Gasteiger partial charge in [0.15, 0.2) is 5.82 Å². The van der Waals surface area contributed by atoms with E-state index in [0.717, 1.165) is 31.4 Å². The Morgan fingerprint density at radius 3 is 2.94 bits per heavy atom. The van der Waals surface area contributed by atoms with Crippen LogP contribution < -0.4 is 5.32 Å². The van der Waals surface area contributed by atoms with Gasteiger partial charge in [-0.25, -0.2) is 0 Å². The van der Waals surface area contributed by atoms with Gasteiger partial charge in [0.2, 0.25) is 6.39 Å². The molecule has 0 radical (unpaired) electrons. The lowest BCUT2D eigenvalue weighted by Gasteiger charge is -2.32. The van der Waals surface area contributed by atoms with Gasteiger partial charge in [-0.15, -0.1) is 0 Å². The first-order valence-corrected chi connectivity index (χ1v) is 6.59. The molecule has 0 atom stereocenters. The number of hydrogen-bond acceptors (Lipinski definition) is 5. The van der Waals surface area contributed by atoms with Crippen LogP contribution >= 0.6 is 0 Å². The van der Waals surface area contributed by atoms with E-state index < -0.39 is 0 Å². The summed E-state index contributed by atoms with van der Waals surface area (Å²) in [6, 6.07) is 0.719. The van der Waals surface area contributed by atoms with Crippen molar-refractivity contribution in [3.05, 3.63) is 12.2 Å². The highest BCUT2D eigenvalue weighted by molar-refractivity contribution is 4.82. The van der Waals surface area contributed by atoms with E-state index in [-0.39, 0.29) is 0 Å². The highest BCUT2D eigenvalue weighted by atomic mass is 16.5. The highest BCUT2D eigenvalue weighted by Crippen LogP contribution is 2.10. The molecule has 2 heterocycles. The van der Waals surface area contributed by atoms with Crippen molar-refractivity contribution in [1.82, 2.24) is 20.4 Å². The van der Waals surface area contributed by atoms with E-state index in [1.807, 2.05) is 0 Å². The Labute approximate surface area is 103 Å². The van der Waals surface area contributed by atoms with Gasteiger partial charge < -0.3 is 14.7 Å². The van der Waals surface area contributed by atoms with Crippen LogP contribution in [0.1, 0.15) is 32.0 Å². The highest BCUT2D eigenvalue weighted by Gasteiger charge is 2.18. The average molecular weight is 238 g/mol. The van der Waals surface area contributed by atoms with Gasteiger partial charge in [-0.05, 0) is 38.9 Å². The molecule has 17 heavy (non-hydrogen) atoms. The monoisotopic (exact) mass is 238 g/mol. The molecule has 1 N–H and O–H groups in total. The Morgan fingerprint density at radius 2 is 2.29 bits per heavy atom. The van der Waals surface area contributed by atoms with Crippen LogP contribution in [0, 0.1) is 0 Å². The molecule has 0 bridgehead atoms. The molecular weight excluding hydrogens is 216 g/mol. The van der Waals surface area contributed by atoms with Crippen LogP contribution in [0.3, 0.4) is 0 Å². The quantitative estimate of drug-likeness (QED) is 0.803. The third-order valence-corrected chi connectivity index (χ3v) is 3.33. The van der Waals surface area contributed by atoms with Crippen LogP contribution in [0.4, 0.5) is 0 Å². The maximum Gasteiger partial charge on any atom is 0.213 e. The first-order valence-electron chi connectivity index (χ1n) is 6.59. The minimum Gasteiger partial charge on any atom is -0.343 e. The predicted molar refractivity (Wildman–Crippen MR) is 65.8 cm³/mol. The van der Waals surface area contributed by atoms with E-state index in [1.54, 1.807) is 0 Å². The largest absolute Gasteiger partial charge is 0.343 e. The molecule has 0 aliphatic carbocycles. The van der Waals surface area contributed by atoms with Crippen molar-refractivity contribution in [2.45, 2.75) is 38.6 Å². The second-order valence-electron chi connectivity index (χ2n) is 4.67. The van der Waals surface area contributed by atoms with Crippen LogP contribution in [0.5, 0.6) is 0 Å². The molecule has 0 unspecified atom stereocenters. The molecule has 1 fully saturated rings. The number of nitrogens with one attached hydrogen (secondary N) is 1. The van der Waals surface area contributed by atoms with E-state index in [0.29, 0.717) is 0 Å². The molecule has 0 amide bonds. The summed E-state index contributed by atoms with van der Waals surface area (Å²) in [4.78, 5) is 6.53. The standard InChI is InChI=1S/C12H22N4O/c1-2-6-13-11-3-7-16(8-4-11)9-5-12-14-10-17-15-12/h10-11,13H,2-9H2,1H3. The summed E-state index contributed by atoms with van der Waals surface area (Å²) in [6.07, 6.45) is 6.02. The molecule has 0 aromatic carbocycles. The third kappa shape index (κ3) is 4.09. The van der Waals surface area contributed by atoms with Crippen molar-refractivity contribution in [3.63, 3.8) is 0 Å². The Bertz CT molecular complexity index is 293. The van der Waals surface area contributed by atoms with E-state index in [4.69, 9.17) is 4.52 Å². The summed E-state index contributed by atoms with van der Waals surface area (Å²) in [6.45, 7) is 6.76. The first kappa shape index (κ1) is 12.5. The number of hydrogen-bond donors (Lipinski definition) is 1. The fraction of sp³-hybridized carbons (Fsp3) is 0.833. The van der Waals surface area contributed by atoms with Gasteiger partial charge in [-0.1, -0.05) is 12.1 Å². The molecule has 1 aliphatic heterocycles. The van der Waals surface area contributed by atoms with Gasteiger partial charge in [-0.3, -0.25) is 0 Å². The molecule has 1 aromatic rings. The van der Waals surface area contributed by atoms with Crippen molar-refractivity contribution in [2.75, 3.05) is 26.2 Å². The zero-order chi connectivity index (χ0) is 11.9. The van der Waals surface area contributed by atoms with Gasteiger partial charge in [0.05, 0.1) is 0 Å². The molecule has 1 saturated heterocycles. The molecule has 2 rings (SSSR count). The van der Waals surface area contributed by atoms with Crippen molar-refractivity contribution in [2.24, 2.45) is 0 Å². The zero-order valence-corrected chi connectivity index (χ0v) is 10.6. The van der Waals surface area contributed by atoms with E-state index >= 15 is 0 Å². The minimum absolute atomic E-state index is 0.719. The predicted octanol–water partition coefficient (Wildman–Crippen LogP) is 1.08. The minimum atomic E-state index is 0.719.